The maximum Gasteiger partial charge on any atom is 0.260 e. The van der Waals surface area contributed by atoms with Crippen LogP contribution < -0.4 is 4.74 Å². The van der Waals surface area contributed by atoms with E-state index in [2.05, 4.69) is 9.97 Å². The first kappa shape index (κ1) is 11.7. The van der Waals surface area contributed by atoms with Crippen molar-refractivity contribution in [2.45, 2.75) is 6.92 Å². The number of ether oxygens (including phenoxy) is 1. The summed E-state index contributed by atoms with van der Waals surface area (Å²) in [5, 5.41) is -0.172. The Bertz CT molecular complexity index is 563. The summed E-state index contributed by atoms with van der Waals surface area (Å²) in [5.41, 5.74) is 0.392. The molecule has 1 heterocycles. The Morgan fingerprint density at radius 3 is 2.82 bits per heavy atom. The summed E-state index contributed by atoms with van der Waals surface area (Å²) >= 11 is 5.49. The third kappa shape index (κ3) is 2.50. The van der Waals surface area contributed by atoms with Crippen LogP contribution in [-0.2, 0) is 0 Å². The molecule has 0 spiro atoms. The molecule has 1 aromatic heterocycles. The Balaban J connectivity index is 2.38. The number of rotatable bonds is 2. The van der Waals surface area contributed by atoms with Crippen molar-refractivity contribution in [3.8, 4) is 11.6 Å². The molecule has 1 aromatic carbocycles. The predicted molar refractivity (Wildman–Crippen MR) is 58.2 cm³/mol. The van der Waals surface area contributed by atoms with Crippen molar-refractivity contribution in [1.29, 1.82) is 0 Å². The number of aryl methyl sites for hydroxylation is 1. The van der Waals surface area contributed by atoms with E-state index in [0.29, 0.717) is 5.56 Å². The van der Waals surface area contributed by atoms with Gasteiger partial charge >= 0.3 is 0 Å². The normalized spacial score (nSPS) is 10.4. The minimum absolute atomic E-state index is 0.112. The largest absolute Gasteiger partial charge is 0.433 e. The summed E-state index contributed by atoms with van der Waals surface area (Å²) in [4.78, 5) is 6.96. The second-order valence-corrected chi connectivity index (χ2v) is 3.62. The highest BCUT2D eigenvalue weighted by Gasteiger charge is 2.12. The van der Waals surface area contributed by atoms with Gasteiger partial charge in [-0.15, -0.1) is 0 Å². The molecule has 2 rings (SSSR count). The molecule has 0 saturated heterocycles. The van der Waals surface area contributed by atoms with Crippen molar-refractivity contribution in [3.05, 3.63) is 46.9 Å². The zero-order valence-electron chi connectivity index (χ0n) is 8.75. The molecule has 0 amide bonds. The maximum absolute atomic E-state index is 13.6. The molecule has 0 saturated carbocycles. The number of halogens is 3. The molecule has 17 heavy (non-hydrogen) atoms. The van der Waals surface area contributed by atoms with Crippen LogP contribution in [0.1, 0.15) is 5.56 Å². The molecule has 0 bridgehead atoms. The molecule has 0 aliphatic rings. The lowest BCUT2D eigenvalue weighted by atomic mass is 10.2. The Labute approximate surface area is 101 Å². The number of aromatic nitrogens is 2. The van der Waals surface area contributed by atoms with E-state index in [9.17, 15) is 8.78 Å². The van der Waals surface area contributed by atoms with Gasteiger partial charge in [0.05, 0.1) is 6.20 Å². The lowest BCUT2D eigenvalue weighted by Gasteiger charge is -2.07. The summed E-state index contributed by atoms with van der Waals surface area (Å²) in [6.07, 6.45) is 0.859. The summed E-state index contributed by atoms with van der Waals surface area (Å²) in [7, 11) is 0. The van der Waals surface area contributed by atoms with Crippen LogP contribution in [-0.4, -0.2) is 9.97 Å². The van der Waals surface area contributed by atoms with Crippen LogP contribution in [0.4, 0.5) is 8.78 Å². The molecule has 0 N–H and O–H groups in total. The van der Waals surface area contributed by atoms with E-state index in [-0.39, 0.29) is 11.0 Å². The number of hydrogen-bond donors (Lipinski definition) is 0. The van der Waals surface area contributed by atoms with Gasteiger partial charge in [0, 0.05) is 0 Å². The first-order valence-corrected chi connectivity index (χ1v) is 5.06. The molecule has 0 aliphatic heterocycles. The van der Waals surface area contributed by atoms with Crippen molar-refractivity contribution < 1.29 is 13.5 Å². The highest BCUT2D eigenvalue weighted by Crippen LogP contribution is 2.26. The van der Waals surface area contributed by atoms with E-state index < -0.39 is 17.5 Å². The van der Waals surface area contributed by atoms with Crippen LogP contribution in [0.15, 0.2) is 24.4 Å². The van der Waals surface area contributed by atoms with E-state index in [0.717, 1.165) is 6.20 Å². The molecule has 2 aromatic rings. The SMILES string of the molecule is Cc1cccc(Oc2nc(Cl)ncc2F)c1F. The fraction of sp³-hybridized carbons (Fsp3) is 0.0909. The highest BCUT2D eigenvalue weighted by molar-refractivity contribution is 6.28. The molecule has 88 valence electrons. The van der Waals surface area contributed by atoms with Crippen LogP contribution in [0.2, 0.25) is 5.28 Å². The van der Waals surface area contributed by atoms with E-state index in [1.165, 1.54) is 6.07 Å². The molecule has 0 aliphatic carbocycles. The monoisotopic (exact) mass is 256 g/mol. The van der Waals surface area contributed by atoms with Gasteiger partial charge in [0.25, 0.3) is 5.88 Å². The van der Waals surface area contributed by atoms with E-state index in [4.69, 9.17) is 16.3 Å². The third-order valence-corrected chi connectivity index (χ3v) is 2.23. The van der Waals surface area contributed by atoms with Gasteiger partial charge in [0.2, 0.25) is 11.1 Å². The average molecular weight is 257 g/mol. The number of hydrogen-bond acceptors (Lipinski definition) is 3. The lowest BCUT2D eigenvalue weighted by molar-refractivity contribution is 0.395. The van der Waals surface area contributed by atoms with Crippen LogP contribution in [0.25, 0.3) is 0 Å². The molecule has 0 radical (unpaired) electrons. The number of benzene rings is 1. The first-order valence-electron chi connectivity index (χ1n) is 4.69. The molecule has 6 heteroatoms. The number of nitrogens with zero attached hydrogens (tertiary/aromatic N) is 2. The summed E-state index contributed by atoms with van der Waals surface area (Å²) in [6, 6.07) is 4.54. The second-order valence-electron chi connectivity index (χ2n) is 3.28. The van der Waals surface area contributed by atoms with Crippen molar-refractivity contribution in [3.63, 3.8) is 0 Å². The van der Waals surface area contributed by atoms with E-state index in [1.807, 2.05) is 0 Å². The molecule has 3 nitrogen and oxygen atoms in total. The van der Waals surface area contributed by atoms with Crippen LogP contribution in [0, 0.1) is 18.6 Å². The first-order chi connectivity index (χ1) is 8.08. The standard InChI is InChI=1S/C11H7ClF2N2O/c1-6-3-2-4-8(9(6)14)17-10-7(13)5-15-11(12)16-10/h2-5H,1H3. The van der Waals surface area contributed by atoms with Gasteiger partial charge in [0.1, 0.15) is 0 Å². The van der Waals surface area contributed by atoms with Gasteiger partial charge in [-0.25, -0.2) is 9.37 Å². The zero-order chi connectivity index (χ0) is 12.4. The van der Waals surface area contributed by atoms with Crippen LogP contribution >= 0.6 is 11.6 Å². The second kappa shape index (κ2) is 4.63. The predicted octanol–water partition coefficient (Wildman–Crippen LogP) is 3.51. The molecular formula is C11H7ClF2N2O. The summed E-state index contributed by atoms with van der Waals surface area (Å²) in [5.74, 6) is -1.90. The Morgan fingerprint density at radius 2 is 2.06 bits per heavy atom. The Kier molecular flexibility index (Phi) is 3.19. The molecule has 0 unspecified atom stereocenters. The van der Waals surface area contributed by atoms with Crippen molar-refractivity contribution in [2.75, 3.05) is 0 Å². The molecular weight excluding hydrogens is 250 g/mol. The minimum Gasteiger partial charge on any atom is -0.433 e. The fourth-order valence-corrected chi connectivity index (χ4v) is 1.33. The van der Waals surface area contributed by atoms with E-state index >= 15 is 0 Å². The average Bonchev–Trinajstić information content (AvgIpc) is 2.30. The van der Waals surface area contributed by atoms with E-state index in [1.54, 1.807) is 19.1 Å². The van der Waals surface area contributed by atoms with Gasteiger partial charge < -0.3 is 4.74 Å². The lowest BCUT2D eigenvalue weighted by Crippen LogP contribution is -1.97. The van der Waals surface area contributed by atoms with Crippen molar-refractivity contribution >= 4 is 11.6 Å². The Morgan fingerprint density at radius 1 is 1.29 bits per heavy atom. The van der Waals surface area contributed by atoms with Gasteiger partial charge in [0.15, 0.2) is 11.6 Å². The van der Waals surface area contributed by atoms with Gasteiger partial charge in [-0.1, -0.05) is 12.1 Å². The summed E-state index contributed by atoms with van der Waals surface area (Å²) < 4.78 is 31.9. The van der Waals surface area contributed by atoms with Gasteiger partial charge in [-0.05, 0) is 30.2 Å². The fourth-order valence-electron chi connectivity index (χ4n) is 1.21. The summed E-state index contributed by atoms with van der Waals surface area (Å²) in [6.45, 7) is 1.57. The van der Waals surface area contributed by atoms with Gasteiger partial charge in [-0.2, -0.15) is 9.37 Å². The van der Waals surface area contributed by atoms with Crippen LogP contribution in [0.5, 0.6) is 11.6 Å². The van der Waals surface area contributed by atoms with Crippen molar-refractivity contribution in [2.24, 2.45) is 0 Å². The third-order valence-electron chi connectivity index (χ3n) is 2.05. The maximum atomic E-state index is 13.6. The smallest absolute Gasteiger partial charge is 0.260 e. The molecule has 0 fully saturated rings. The zero-order valence-corrected chi connectivity index (χ0v) is 9.50. The van der Waals surface area contributed by atoms with Gasteiger partial charge in [-0.3, -0.25) is 0 Å². The van der Waals surface area contributed by atoms with Crippen molar-refractivity contribution in [1.82, 2.24) is 9.97 Å². The highest BCUT2D eigenvalue weighted by atomic mass is 35.5. The quantitative estimate of drug-likeness (QED) is 0.771. The van der Waals surface area contributed by atoms with Crippen LogP contribution in [0.3, 0.4) is 0 Å². The topological polar surface area (TPSA) is 35.0 Å². The Hall–Kier alpha value is -1.75. The molecule has 0 atom stereocenters. The minimum atomic E-state index is -0.810.